The first-order valence-corrected chi connectivity index (χ1v) is 24.7. The van der Waals surface area contributed by atoms with Gasteiger partial charge in [0, 0.05) is 19.3 Å². The lowest BCUT2D eigenvalue weighted by Crippen LogP contribution is -2.30. The number of carbonyl (C=O) groups excluding carboxylic acids is 3. The first-order chi connectivity index (χ1) is 27.5. The monoisotopic (exact) mass is 791 g/mol. The van der Waals surface area contributed by atoms with Gasteiger partial charge in [0.1, 0.15) is 13.2 Å². The van der Waals surface area contributed by atoms with Crippen LogP contribution in [0.25, 0.3) is 0 Å². The van der Waals surface area contributed by atoms with Crippen molar-refractivity contribution in [2.24, 2.45) is 0 Å². The molecule has 0 spiro atoms. The molecule has 56 heavy (non-hydrogen) atoms. The van der Waals surface area contributed by atoms with E-state index in [1.165, 1.54) is 167 Å². The molecule has 0 radical (unpaired) electrons. The molecule has 0 aliphatic rings. The molecule has 1 unspecified atom stereocenters. The molecule has 0 fully saturated rings. The van der Waals surface area contributed by atoms with E-state index in [-0.39, 0.29) is 31.1 Å². The lowest BCUT2D eigenvalue weighted by molar-refractivity contribution is -0.167. The molecule has 0 bridgehead atoms. The van der Waals surface area contributed by atoms with Crippen molar-refractivity contribution in [3.8, 4) is 0 Å². The standard InChI is InChI=1S/C50H94O6/c1-4-7-10-13-16-19-21-23-24-25-26-27-29-31-34-37-40-43-49(52)55-46-47(45-54-48(51)42-39-36-33-30-18-15-12-9-6-3)56-50(53)44-41-38-35-32-28-22-20-17-14-11-8-5-2/h17,20,47H,4-16,18-19,21-46H2,1-3H3/b20-17-. The van der Waals surface area contributed by atoms with Gasteiger partial charge in [-0.1, -0.05) is 219 Å². The van der Waals surface area contributed by atoms with Crippen LogP contribution in [0.1, 0.15) is 271 Å². The minimum Gasteiger partial charge on any atom is -0.462 e. The van der Waals surface area contributed by atoms with Crippen molar-refractivity contribution in [1.29, 1.82) is 0 Å². The maximum Gasteiger partial charge on any atom is 0.306 e. The van der Waals surface area contributed by atoms with Crippen LogP contribution < -0.4 is 0 Å². The van der Waals surface area contributed by atoms with E-state index in [4.69, 9.17) is 14.2 Å². The molecule has 0 saturated heterocycles. The molecule has 0 heterocycles. The van der Waals surface area contributed by atoms with E-state index in [1.54, 1.807) is 0 Å². The van der Waals surface area contributed by atoms with Gasteiger partial charge in [0.25, 0.3) is 0 Å². The Morgan fingerprint density at radius 1 is 0.339 bits per heavy atom. The predicted octanol–water partition coefficient (Wildman–Crippen LogP) is 15.8. The Balaban J connectivity index is 4.26. The highest BCUT2D eigenvalue weighted by Gasteiger charge is 2.19. The van der Waals surface area contributed by atoms with Gasteiger partial charge < -0.3 is 14.2 Å². The number of carbonyl (C=O) groups is 3. The van der Waals surface area contributed by atoms with Crippen molar-refractivity contribution in [2.75, 3.05) is 13.2 Å². The normalized spacial score (nSPS) is 12.0. The van der Waals surface area contributed by atoms with Crippen LogP contribution >= 0.6 is 0 Å². The Morgan fingerprint density at radius 3 is 0.929 bits per heavy atom. The first-order valence-electron chi connectivity index (χ1n) is 24.7. The summed E-state index contributed by atoms with van der Waals surface area (Å²) < 4.78 is 16.7. The molecule has 0 amide bonds. The fourth-order valence-corrected chi connectivity index (χ4v) is 7.26. The van der Waals surface area contributed by atoms with Crippen LogP contribution in [0.5, 0.6) is 0 Å². The second-order valence-electron chi connectivity index (χ2n) is 16.7. The van der Waals surface area contributed by atoms with Crippen molar-refractivity contribution in [3.05, 3.63) is 12.2 Å². The van der Waals surface area contributed by atoms with Crippen molar-refractivity contribution in [2.45, 2.75) is 277 Å². The van der Waals surface area contributed by atoms with E-state index in [1.807, 2.05) is 0 Å². The van der Waals surface area contributed by atoms with Gasteiger partial charge in [-0.3, -0.25) is 14.4 Å². The number of allylic oxidation sites excluding steroid dienone is 2. The van der Waals surface area contributed by atoms with Gasteiger partial charge in [-0.25, -0.2) is 0 Å². The Bertz CT molecular complexity index is 870. The molecular weight excluding hydrogens is 697 g/mol. The van der Waals surface area contributed by atoms with Crippen molar-refractivity contribution in [1.82, 2.24) is 0 Å². The van der Waals surface area contributed by atoms with Gasteiger partial charge in [0.05, 0.1) is 0 Å². The molecule has 6 nitrogen and oxygen atoms in total. The van der Waals surface area contributed by atoms with Gasteiger partial charge in [0.15, 0.2) is 6.10 Å². The SMILES string of the molecule is CCCCC/C=C\CCCCCCCC(=O)OC(COC(=O)CCCCCCCCCCC)COC(=O)CCCCCCCCCCCCCCCCCCC. The molecule has 330 valence electrons. The first kappa shape index (κ1) is 54.2. The van der Waals surface area contributed by atoms with Crippen molar-refractivity contribution >= 4 is 17.9 Å². The predicted molar refractivity (Wildman–Crippen MR) is 238 cm³/mol. The lowest BCUT2D eigenvalue weighted by Gasteiger charge is -2.18. The van der Waals surface area contributed by atoms with Gasteiger partial charge in [0.2, 0.25) is 0 Å². The zero-order valence-corrected chi connectivity index (χ0v) is 37.7. The summed E-state index contributed by atoms with van der Waals surface area (Å²) in [7, 11) is 0. The summed E-state index contributed by atoms with van der Waals surface area (Å²) in [6.45, 7) is 6.61. The average molecular weight is 791 g/mol. The topological polar surface area (TPSA) is 78.9 Å². The van der Waals surface area contributed by atoms with Crippen molar-refractivity contribution in [3.63, 3.8) is 0 Å². The fourth-order valence-electron chi connectivity index (χ4n) is 7.26. The highest BCUT2D eigenvalue weighted by atomic mass is 16.6. The van der Waals surface area contributed by atoms with E-state index in [0.717, 1.165) is 64.2 Å². The van der Waals surface area contributed by atoms with Crippen LogP contribution in [0.3, 0.4) is 0 Å². The Kier molecular flexibility index (Phi) is 44.3. The number of rotatable bonds is 45. The summed E-state index contributed by atoms with van der Waals surface area (Å²) in [4.78, 5) is 37.8. The number of unbranched alkanes of at least 4 members (excludes halogenated alkanes) is 32. The lowest BCUT2D eigenvalue weighted by atomic mass is 10.0. The maximum atomic E-state index is 12.7. The Morgan fingerprint density at radius 2 is 0.589 bits per heavy atom. The van der Waals surface area contributed by atoms with E-state index in [0.29, 0.717) is 19.3 Å². The molecule has 0 rings (SSSR count). The van der Waals surface area contributed by atoms with Crippen LogP contribution in [-0.2, 0) is 28.6 Å². The van der Waals surface area contributed by atoms with Crippen LogP contribution in [-0.4, -0.2) is 37.2 Å². The smallest absolute Gasteiger partial charge is 0.306 e. The van der Waals surface area contributed by atoms with E-state index in [9.17, 15) is 14.4 Å². The maximum absolute atomic E-state index is 12.7. The molecule has 0 aromatic heterocycles. The molecule has 0 saturated carbocycles. The summed E-state index contributed by atoms with van der Waals surface area (Å²) in [5, 5.41) is 0. The molecule has 1 atom stereocenters. The third-order valence-electron chi connectivity index (χ3n) is 11.0. The summed E-state index contributed by atoms with van der Waals surface area (Å²) in [5.74, 6) is -0.868. The van der Waals surface area contributed by atoms with E-state index in [2.05, 4.69) is 32.9 Å². The summed E-state index contributed by atoms with van der Waals surface area (Å²) in [6, 6.07) is 0. The minimum atomic E-state index is -0.766. The Labute approximate surface area is 348 Å². The summed E-state index contributed by atoms with van der Waals surface area (Å²) >= 11 is 0. The molecule has 0 aliphatic carbocycles. The number of esters is 3. The molecule has 0 aromatic rings. The summed E-state index contributed by atoms with van der Waals surface area (Å²) in [5.41, 5.74) is 0. The zero-order chi connectivity index (χ0) is 40.8. The number of ether oxygens (including phenoxy) is 3. The molecule has 0 aliphatic heterocycles. The van der Waals surface area contributed by atoms with Gasteiger partial charge in [-0.15, -0.1) is 0 Å². The van der Waals surface area contributed by atoms with Crippen LogP contribution in [0.15, 0.2) is 12.2 Å². The van der Waals surface area contributed by atoms with Crippen molar-refractivity contribution < 1.29 is 28.6 Å². The molecule has 0 aromatic carbocycles. The second-order valence-corrected chi connectivity index (χ2v) is 16.7. The fraction of sp³-hybridized carbons (Fsp3) is 0.900. The van der Waals surface area contributed by atoms with Crippen LogP contribution in [0.2, 0.25) is 0 Å². The van der Waals surface area contributed by atoms with Gasteiger partial charge in [-0.2, -0.15) is 0 Å². The number of hydrogen-bond acceptors (Lipinski definition) is 6. The van der Waals surface area contributed by atoms with Gasteiger partial charge in [-0.05, 0) is 44.9 Å². The summed E-state index contributed by atoms with van der Waals surface area (Å²) in [6.07, 6.45) is 49.1. The minimum absolute atomic E-state index is 0.0686. The van der Waals surface area contributed by atoms with E-state index >= 15 is 0 Å². The molecule has 0 N–H and O–H groups in total. The number of hydrogen-bond donors (Lipinski definition) is 0. The van der Waals surface area contributed by atoms with E-state index < -0.39 is 6.10 Å². The molecule has 6 heteroatoms. The average Bonchev–Trinajstić information content (AvgIpc) is 3.19. The largest absolute Gasteiger partial charge is 0.462 e. The third-order valence-corrected chi connectivity index (χ3v) is 11.0. The third kappa shape index (κ3) is 43.3. The highest BCUT2D eigenvalue weighted by molar-refractivity contribution is 5.71. The van der Waals surface area contributed by atoms with Crippen LogP contribution in [0, 0.1) is 0 Å². The second kappa shape index (κ2) is 45.8. The Hall–Kier alpha value is -1.85. The van der Waals surface area contributed by atoms with Gasteiger partial charge >= 0.3 is 17.9 Å². The highest BCUT2D eigenvalue weighted by Crippen LogP contribution is 2.16. The quantitative estimate of drug-likeness (QED) is 0.0264. The molecular formula is C50H94O6. The zero-order valence-electron chi connectivity index (χ0n) is 37.7. The van der Waals surface area contributed by atoms with Crippen LogP contribution in [0.4, 0.5) is 0 Å².